The van der Waals surface area contributed by atoms with Gasteiger partial charge in [0.1, 0.15) is 4.90 Å². The largest absolute Gasteiger partial charge is 0.309 e. The molecule has 2 aromatic rings. The minimum absolute atomic E-state index is 0.343. The van der Waals surface area contributed by atoms with E-state index in [1.165, 1.54) is 24.2 Å². The molecule has 0 unspecified atom stereocenters. The van der Waals surface area contributed by atoms with Gasteiger partial charge in [-0.15, -0.1) is 11.3 Å². The van der Waals surface area contributed by atoms with Gasteiger partial charge in [0.2, 0.25) is 0 Å². The summed E-state index contributed by atoms with van der Waals surface area (Å²) < 4.78 is 27.5. The highest BCUT2D eigenvalue weighted by molar-refractivity contribution is 7.93. The number of nitrogens with one attached hydrogen (secondary N) is 2. The third-order valence-corrected chi connectivity index (χ3v) is 5.99. The summed E-state index contributed by atoms with van der Waals surface area (Å²) in [6, 6.07) is 8.80. The molecule has 0 spiro atoms. The van der Waals surface area contributed by atoms with Gasteiger partial charge in [0.25, 0.3) is 10.0 Å². The molecule has 1 heterocycles. The fourth-order valence-corrected chi connectivity index (χ4v) is 4.53. The molecule has 0 bridgehead atoms. The minimum Gasteiger partial charge on any atom is -0.309 e. The van der Waals surface area contributed by atoms with E-state index in [4.69, 9.17) is 11.6 Å². The zero-order chi connectivity index (χ0) is 14.9. The number of rotatable bonds is 6. The highest BCUT2D eigenvalue weighted by atomic mass is 35.5. The van der Waals surface area contributed by atoms with E-state index in [0.717, 1.165) is 4.88 Å². The molecular formula is C14H15ClN2O2S2. The number of halogens is 1. The van der Waals surface area contributed by atoms with Crippen LogP contribution in [0.5, 0.6) is 0 Å². The second kappa shape index (κ2) is 5.96. The number of thiophene rings is 1. The van der Waals surface area contributed by atoms with Crippen molar-refractivity contribution < 1.29 is 8.42 Å². The predicted octanol–water partition coefficient (Wildman–Crippen LogP) is 3.45. The Labute approximate surface area is 133 Å². The van der Waals surface area contributed by atoms with Crippen LogP contribution in [-0.2, 0) is 16.6 Å². The first-order chi connectivity index (χ1) is 10.0. The molecule has 21 heavy (non-hydrogen) atoms. The van der Waals surface area contributed by atoms with E-state index in [0.29, 0.717) is 28.2 Å². The van der Waals surface area contributed by atoms with Crippen molar-refractivity contribution in [3.05, 3.63) is 45.6 Å². The SMILES string of the molecule is O=S(=O)(Nc1ccc(Cl)cc1)c1ccsc1CNC1CC1. The Morgan fingerprint density at radius 2 is 1.90 bits per heavy atom. The summed E-state index contributed by atoms with van der Waals surface area (Å²) in [5.74, 6) is 0. The lowest BCUT2D eigenvalue weighted by Gasteiger charge is -2.09. The van der Waals surface area contributed by atoms with Gasteiger partial charge in [-0.2, -0.15) is 0 Å². The molecule has 1 fully saturated rings. The van der Waals surface area contributed by atoms with Crippen LogP contribution in [-0.4, -0.2) is 14.5 Å². The summed E-state index contributed by atoms with van der Waals surface area (Å²) in [5.41, 5.74) is 0.506. The molecule has 2 N–H and O–H groups in total. The molecule has 0 saturated heterocycles. The molecule has 1 aliphatic rings. The van der Waals surface area contributed by atoms with Crippen molar-refractivity contribution in [3.63, 3.8) is 0 Å². The van der Waals surface area contributed by atoms with Crippen molar-refractivity contribution in [1.82, 2.24) is 5.32 Å². The average molecular weight is 343 g/mol. The summed E-state index contributed by atoms with van der Waals surface area (Å²) in [5, 5.41) is 5.72. The van der Waals surface area contributed by atoms with Crippen molar-refractivity contribution in [1.29, 1.82) is 0 Å². The molecule has 4 nitrogen and oxygen atoms in total. The molecule has 0 amide bonds. The molecule has 0 atom stereocenters. The van der Waals surface area contributed by atoms with Crippen molar-refractivity contribution >= 4 is 38.6 Å². The van der Waals surface area contributed by atoms with Crippen LogP contribution in [0, 0.1) is 0 Å². The van der Waals surface area contributed by atoms with Crippen LogP contribution in [0.2, 0.25) is 5.02 Å². The molecule has 1 aromatic carbocycles. The Morgan fingerprint density at radius 3 is 2.57 bits per heavy atom. The van der Waals surface area contributed by atoms with Crippen molar-refractivity contribution in [2.75, 3.05) is 4.72 Å². The zero-order valence-electron chi connectivity index (χ0n) is 11.2. The van der Waals surface area contributed by atoms with E-state index in [-0.39, 0.29) is 0 Å². The number of sulfonamides is 1. The number of benzene rings is 1. The fourth-order valence-electron chi connectivity index (χ4n) is 1.95. The molecule has 1 aliphatic carbocycles. The first kappa shape index (κ1) is 14.8. The van der Waals surface area contributed by atoms with E-state index in [1.807, 2.05) is 0 Å². The Hall–Kier alpha value is -1.08. The van der Waals surface area contributed by atoms with Crippen molar-refractivity contribution in [2.24, 2.45) is 0 Å². The van der Waals surface area contributed by atoms with E-state index >= 15 is 0 Å². The second-order valence-corrected chi connectivity index (χ2v) is 8.06. The Morgan fingerprint density at radius 1 is 1.19 bits per heavy atom. The molecule has 1 saturated carbocycles. The highest BCUT2D eigenvalue weighted by Crippen LogP contribution is 2.26. The van der Waals surface area contributed by atoms with E-state index in [9.17, 15) is 8.42 Å². The quantitative estimate of drug-likeness (QED) is 0.845. The van der Waals surface area contributed by atoms with Crippen LogP contribution >= 0.6 is 22.9 Å². The van der Waals surface area contributed by atoms with Gasteiger partial charge >= 0.3 is 0 Å². The monoisotopic (exact) mass is 342 g/mol. The van der Waals surface area contributed by atoms with E-state index in [2.05, 4.69) is 10.0 Å². The zero-order valence-corrected chi connectivity index (χ0v) is 13.6. The number of anilines is 1. The lowest BCUT2D eigenvalue weighted by atomic mass is 10.3. The van der Waals surface area contributed by atoms with Gasteiger partial charge in [0, 0.05) is 28.2 Å². The molecule has 0 aliphatic heterocycles. The maximum absolute atomic E-state index is 12.5. The van der Waals surface area contributed by atoms with Crippen molar-refractivity contribution in [3.8, 4) is 0 Å². The van der Waals surface area contributed by atoms with Gasteiger partial charge in [-0.1, -0.05) is 11.6 Å². The van der Waals surface area contributed by atoms with Gasteiger partial charge < -0.3 is 5.32 Å². The average Bonchev–Trinajstić information content (AvgIpc) is 3.14. The number of hydrogen-bond donors (Lipinski definition) is 2. The van der Waals surface area contributed by atoms with Crippen LogP contribution in [0.1, 0.15) is 17.7 Å². The van der Waals surface area contributed by atoms with Crippen molar-refractivity contribution in [2.45, 2.75) is 30.3 Å². The lowest BCUT2D eigenvalue weighted by Crippen LogP contribution is -2.18. The van der Waals surface area contributed by atoms with Gasteiger partial charge in [-0.25, -0.2) is 8.42 Å². The predicted molar refractivity (Wildman–Crippen MR) is 86.4 cm³/mol. The molecule has 112 valence electrons. The van der Waals surface area contributed by atoms with Gasteiger partial charge in [-0.05, 0) is 48.6 Å². The highest BCUT2D eigenvalue weighted by Gasteiger charge is 2.23. The summed E-state index contributed by atoms with van der Waals surface area (Å²) >= 11 is 7.26. The lowest BCUT2D eigenvalue weighted by molar-refractivity contribution is 0.599. The smallest absolute Gasteiger partial charge is 0.263 e. The second-order valence-electron chi connectivity index (χ2n) is 4.98. The van der Waals surface area contributed by atoms with Crippen LogP contribution in [0.25, 0.3) is 0 Å². The topological polar surface area (TPSA) is 58.2 Å². The number of hydrogen-bond acceptors (Lipinski definition) is 4. The maximum atomic E-state index is 12.5. The van der Waals surface area contributed by atoms with Crippen LogP contribution in [0.3, 0.4) is 0 Å². The van der Waals surface area contributed by atoms with E-state index in [1.54, 1.807) is 35.7 Å². The van der Waals surface area contributed by atoms with Gasteiger partial charge in [-0.3, -0.25) is 4.72 Å². The Bertz CT molecular complexity index is 722. The normalized spacial score (nSPS) is 15.1. The molecule has 3 rings (SSSR count). The van der Waals surface area contributed by atoms with Crippen LogP contribution < -0.4 is 10.0 Å². The first-order valence-corrected chi connectivity index (χ1v) is 9.37. The molecule has 7 heteroatoms. The van der Waals surface area contributed by atoms with Crippen LogP contribution in [0.4, 0.5) is 5.69 Å². The molecule has 0 radical (unpaired) electrons. The standard InChI is InChI=1S/C14H15ClN2O2S2/c15-10-1-3-12(4-2-10)17-21(18,19)14-7-8-20-13(14)9-16-11-5-6-11/h1-4,7-8,11,16-17H,5-6,9H2. The summed E-state index contributed by atoms with van der Waals surface area (Å²) in [7, 11) is -3.56. The third kappa shape index (κ3) is 3.77. The van der Waals surface area contributed by atoms with Gasteiger partial charge in [0.05, 0.1) is 0 Å². The van der Waals surface area contributed by atoms with E-state index < -0.39 is 10.0 Å². The fraction of sp³-hybridized carbons (Fsp3) is 0.286. The summed E-state index contributed by atoms with van der Waals surface area (Å²) in [4.78, 5) is 1.18. The Kier molecular flexibility index (Phi) is 4.21. The molecule has 1 aromatic heterocycles. The minimum atomic E-state index is -3.56. The third-order valence-electron chi connectivity index (χ3n) is 3.22. The Balaban J connectivity index is 1.77. The molecular weight excluding hydrogens is 328 g/mol. The van der Waals surface area contributed by atoms with Crippen LogP contribution in [0.15, 0.2) is 40.6 Å². The summed E-state index contributed by atoms with van der Waals surface area (Å²) in [6.45, 7) is 0.596. The summed E-state index contributed by atoms with van der Waals surface area (Å²) in [6.07, 6.45) is 2.35. The maximum Gasteiger partial charge on any atom is 0.263 e. The first-order valence-electron chi connectivity index (χ1n) is 6.63. The van der Waals surface area contributed by atoms with Gasteiger partial charge in [0.15, 0.2) is 0 Å².